The maximum absolute atomic E-state index is 13.6. The molecule has 0 aliphatic rings. The number of hydrogen-bond donors (Lipinski definition) is 1. The zero-order chi connectivity index (χ0) is 15.8. The molecule has 0 saturated carbocycles. The highest BCUT2D eigenvalue weighted by molar-refractivity contribution is 5.54. The summed E-state index contributed by atoms with van der Waals surface area (Å²) >= 11 is 0. The van der Waals surface area contributed by atoms with Gasteiger partial charge in [0.15, 0.2) is 0 Å². The first-order chi connectivity index (χ1) is 10.0. The third kappa shape index (κ3) is 5.31. The van der Waals surface area contributed by atoms with E-state index < -0.39 is 0 Å². The predicted octanol–water partition coefficient (Wildman–Crippen LogP) is 4.37. The summed E-state index contributed by atoms with van der Waals surface area (Å²) in [5.74, 6) is 0.512. The van der Waals surface area contributed by atoms with Gasteiger partial charge in [0.2, 0.25) is 0 Å². The molecule has 1 aromatic rings. The van der Waals surface area contributed by atoms with Crippen molar-refractivity contribution in [2.24, 2.45) is 11.7 Å². The Bertz CT molecular complexity index is 416. The maximum Gasteiger partial charge on any atom is 0.123 e. The third-order valence-corrected chi connectivity index (χ3v) is 4.40. The van der Waals surface area contributed by atoms with E-state index in [-0.39, 0.29) is 11.9 Å². The molecular weight excluding hydrogens is 263 g/mol. The molecule has 0 radical (unpaired) electrons. The van der Waals surface area contributed by atoms with Crippen molar-refractivity contribution < 1.29 is 4.39 Å². The van der Waals surface area contributed by atoms with E-state index in [9.17, 15) is 4.39 Å². The topological polar surface area (TPSA) is 29.3 Å². The lowest BCUT2D eigenvalue weighted by molar-refractivity contribution is 0.485. The Morgan fingerprint density at radius 3 is 2.29 bits per heavy atom. The van der Waals surface area contributed by atoms with Gasteiger partial charge in [-0.15, -0.1) is 0 Å². The molecule has 120 valence electrons. The van der Waals surface area contributed by atoms with Gasteiger partial charge >= 0.3 is 0 Å². The first-order valence-electron chi connectivity index (χ1n) is 8.34. The first kappa shape index (κ1) is 18.0. The molecule has 3 heteroatoms. The molecule has 0 heterocycles. The van der Waals surface area contributed by atoms with Gasteiger partial charge in [-0.2, -0.15) is 0 Å². The van der Waals surface area contributed by atoms with Gasteiger partial charge in [0.05, 0.1) is 0 Å². The average molecular weight is 294 g/mol. The van der Waals surface area contributed by atoms with Crippen LogP contribution in [0.5, 0.6) is 0 Å². The molecule has 1 rings (SSSR count). The normalized spacial score (nSPS) is 12.7. The van der Waals surface area contributed by atoms with E-state index in [1.807, 2.05) is 6.07 Å². The van der Waals surface area contributed by atoms with E-state index >= 15 is 0 Å². The zero-order valence-corrected chi connectivity index (χ0v) is 14.0. The van der Waals surface area contributed by atoms with Crippen LogP contribution in [0.15, 0.2) is 18.2 Å². The Kier molecular flexibility index (Phi) is 7.73. The maximum atomic E-state index is 13.6. The van der Waals surface area contributed by atoms with Crippen LogP contribution in [0.3, 0.4) is 0 Å². The molecular formula is C18H31FN2. The van der Waals surface area contributed by atoms with Crippen LogP contribution in [0.2, 0.25) is 0 Å². The number of anilines is 1. The molecule has 0 spiro atoms. The zero-order valence-electron chi connectivity index (χ0n) is 14.0. The van der Waals surface area contributed by atoms with Crippen molar-refractivity contribution in [1.82, 2.24) is 0 Å². The van der Waals surface area contributed by atoms with Crippen molar-refractivity contribution >= 4 is 5.69 Å². The summed E-state index contributed by atoms with van der Waals surface area (Å²) in [5.41, 5.74) is 8.27. The van der Waals surface area contributed by atoms with Crippen LogP contribution in [-0.4, -0.2) is 19.1 Å². The van der Waals surface area contributed by atoms with Crippen molar-refractivity contribution in [3.63, 3.8) is 0 Å². The third-order valence-electron chi connectivity index (χ3n) is 4.40. The van der Waals surface area contributed by atoms with Crippen molar-refractivity contribution in [2.75, 3.05) is 18.0 Å². The Labute approximate surface area is 129 Å². The van der Waals surface area contributed by atoms with Crippen LogP contribution in [0.1, 0.15) is 52.5 Å². The van der Waals surface area contributed by atoms with Gasteiger partial charge in [-0.1, -0.05) is 33.6 Å². The van der Waals surface area contributed by atoms with Crippen molar-refractivity contribution in [3.05, 3.63) is 29.6 Å². The smallest absolute Gasteiger partial charge is 0.123 e. The van der Waals surface area contributed by atoms with E-state index in [0.717, 1.165) is 37.2 Å². The summed E-state index contributed by atoms with van der Waals surface area (Å²) in [6.45, 7) is 10.7. The van der Waals surface area contributed by atoms with E-state index in [1.165, 1.54) is 12.8 Å². The molecule has 1 atom stereocenters. The second kappa shape index (κ2) is 9.04. The fourth-order valence-electron chi connectivity index (χ4n) is 2.71. The molecule has 1 unspecified atom stereocenters. The molecule has 0 fully saturated rings. The van der Waals surface area contributed by atoms with Gasteiger partial charge in [0.1, 0.15) is 5.82 Å². The Morgan fingerprint density at radius 2 is 1.76 bits per heavy atom. The van der Waals surface area contributed by atoms with Gasteiger partial charge in [-0.25, -0.2) is 4.39 Å². The van der Waals surface area contributed by atoms with Crippen LogP contribution < -0.4 is 10.6 Å². The number of nitrogens with two attached hydrogens (primary N) is 1. The highest BCUT2D eigenvalue weighted by Crippen LogP contribution is 2.25. The van der Waals surface area contributed by atoms with Crippen molar-refractivity contribution in [3.8, 4) is 0 Å². The second-order valence-electron chi connectivity index (χ2n) is 5.87. The number of hydrogen-bond acceptors (Lipinski definition) is 2. The minimum absolute atomic E-state index is 0.0948. The van der Waals surface area contributed by atoms with E-state index in [1.54, 1.807) is 12.1 Å². The first-order valence-corrected chi connectivity index (χ1v) is 8.34. The summed E-state index contributed by atoms with van der Waals surface area (Å²) in [6, 6.07) is 5.22. The molecule has 0 bridgehead atoms. The average Bonchev–Trinajstić information content (AvgIpc) is 2.49. The summed E-state index contributed by atoms with van der Waals surface area (Å²) in [6.07, 6.45) is 4.01. The number of nitrogens with zero attached hydrogens (tertiary/aromatic N) is 1. The van der Waals surface area contributed by atoms with Crippen molar-refractivity contribution in [1.29, 1.82) is 0 Å². The van der Waals surface area contributed by atoms with Gasteiger partial charge in [0.25, 0.3) is 0 Å². The summed E-state index contributed by atoms with van der Waals surface area (Å²) < 4.78 is 13.6. The van der Waals surface area contributed by atoms with Gasteiger partial charge < -0.3 is 10.6 Å². The largest absolute Gasteiger partial charge is 0.371 e. The second-order valence-corrected chi connectivity index (χ2v) is 5.87. The fraction of sp³-hybridized carbons (Fsp3) is 0.667. The lowest BCUT2D eigenvalue weighted by Crippen LogP contribution is -2.31. The molecule has 2 N–H and O–H groups in total. The van der Waals surface area contributed by atoms with Crippen LogP contribution in [0.4, 0.5) is 10.1 Å². The van der Waals surface area contributed by atoms with Crippen LogP contribution in [-0.2, 0) is 6.42 Å². The van der Waals surface area contributed by atoms with Gasteiger partial charge in [-0.3, -0.25) is 0 Å². The number of halogens is 1. The minimum Gasteiger partial charge on any atom is -0.371 e. The molecule has 0 saturated heterocycles. The monoisotopic (exact) mass is 294 g/mol. The van der Waals surface area contributed by atoms with E-state index in [2.05, 4.69) is 32.6 Å². The molecule has 21 heavy (non-hydrogen) atoms. The summed E-state index contributed by atoms with van der Waals surface area (Å²) in [7, 11) is 0. The van der Waals surface area contributed by atoms with E-state index in [4.69, 9.17) is 5.73 Å². The SMILES string of the molecule is CCC(N)Cc1cc(F)ccc1N(CC)CC(CC)CC. The number of benzene rings is 1. The van der Waals surface area contributed by atoms with Crippen LogP contribution >= 0.6 is 0 Å². The molecule has 2 nitrogen and oxygen atoms in total. The Balaban J connectivity index is 3.01. The Morgan fingerprint density at radius 1 is 1.10 bits per heavy atom. The lowest BCUT2D eigenvalue weighted by Gasteiger charge is -2.30. The highest BCUT2D eigenvalue weighted by Gasteiger charge is 2.16. The number of rotatable bonds is 9. The van der Waals surface area contributed by atoms with Crippen molar-refractivity contribution in [2.45, 2.75) is 59.4 Å². The molecule has 0 amide bonds. The van der Waals surface area contributed by atoms with E-state index in [0.29, 0.717) is 5.92 Å². The van der Waals surface area contributed by atoms with Crippen LogP contribution in [0.25, 0.3) is 0 Å². The Hall–Kier alpha value is -1.09. The quantitative estimate of drug-likeness (QED) is 0.733. The predicted molar refractivity (Wildman–Crippen MR) is 90.3 cm³/mol. The molecule has 1 aromatic carbocycles. The minimum atomic E-state index is -0.171. The van der Waals surface area contributed by atoms with Gasteiger partial charge in [0, 0.05) is 24.8 Å². The summed E-state index contributed by atoms with van der Waals surface area (Å²) in [5, 5.41) is 0. The fourth-order valence-corrected chi connectivity index (χ4v) is 2.71. The molecule has 0 aromatic heterocycles. The van der Waals surface area contributed by atoms with Crippen LogP contribution in [0, 0.1) is 11.7 Å². The molecule has 0 aliphatic heterocycles. The molecule has 0 aliphatic carbocycles. The lowest BCUT2D eigenvalue weighted by atomic mass is 9.99. The summed E-state index contributed by atoms with van der Waals surface area (Å²) in [4.78, 5) is 2.37. The van der Waals surface area contributed by atoms with Gasteiger partial charge in [-0.05, 0) is 49.4 Å². The standard InChI is InChI=1S/C18H31FN2/c1-5-14(6-2)13-21(8-4)18-10-9-16(19)11-15(18)12-17(20)7-3/h9-11,14,17H,5-8,12-13,20H2,1-4H3. The highest BCUT2D eigenvalue weighted by atomic mass is 19.1.